The maximum atomic E-state index is 13.0. The molecule has 5 heteroatoms. The molecular weight excluding hydrogens is 360 g/mol. The van der Waals surface area contributed by atoms with Crippen molar-refractivity contribution < 1.29 is 14.8 Å². The molecule has 0 fully saturated rings. The van der Waals surface area contributed by atoms with Crippen LogP contribution in [0.15, 0.2) is 78.9 Å². The number of halogens is 1. The second kappa shape index (κ2) is 9.21. The Hall–Kier alpha value is -2.82. The van der Waals surface area contributed by atoms with Crippen LogP contribution in [-0.4, -0.2) is 13.0 Å². The Kier molecular flexibility index (Phi) is 6.47. The zero-order chi connectivity index (χ0) is 19.1. The molecule has 0 heterocycles. The summed E-state index contributed by atoms with van der Waals surface area (Å²) < 4.78 is 5.23. The van der Waals surface area contributed by atoms with Gasteiger partial charge in [-0.3, -0.25) is 4.79 Å². The average Bonchev–Trinajstić information content (AvgIpc) is 2.70. The van der Waals surface area contributed by atoms with Gasteiger partial charge in [0.2, 0.25) is 0 Å². The fraction of sp³-hybridized carbons (Fsp3) is 0.136. The molecule has 0 bridgehead atoms. The van der Waals surface area contributed by atoms with Crippen molar-refractivity contribution in [2.45, 2.75) is 12.6 Å². The van der Waals surface area contributed by atoms with Gasteiger partial charge in [0.1, 0.15) is 12.3 Å². The number of ether oxygens (including phenoxy) is 1. The summed E-state index contributed by atoms with van der Waals surface area (Å²) >= 11 is 6.26. The highest BCUT2D eigenvalue weighted by Crippen LogP contribution is 2.19. The molecule has 138 valence electrons. The number of methoxy groups -OCH3 is 1. The summed E-state index contributed by atoms with van der Waals surface area (Å²) in [7, 11) is 1.60. The first kappa shape index (κ1) is 19.0. The van der Waals surface area contributed by atoms with Crippen LogP contribution in [0.2, 0.25) is 5.02 Å². The quantitative estimate of drug-likeness (QED) is 0.654. The van der Waals surface area contributed by atoms with Gasteiger partial charge in [0, 0.05) is 27.9 Å². The predicted octanol–water partition coefficient (Wildman–Crippen LogP) is 3.79. The molecule has 0 aromatic heterocycles. The van der Waals surface area contributed by atoms with Gasteiger partial charge in [0.05, 0.1) is 7.11 Å². The second-order valence-corrected chi connectivity index (χ2v) is 6.55. The number of anilines is 1. The van der Waals surface area contributed by atoms with Crippen molar-refractivity contribution in [2.24, 2.45) is 0 Å². The number of hydrogen-bond donors (Lipinski definition) is 2. The van der Waals surface area contributed by atoms with Crippen LogP contribution in [0.4, 0.5) is 5.69 Å². The Balaban J connectivity index is 1.79. The molecule has 4 nitrogen and oxygen atoms in total. The molecule has 0 saturated carbocycles. The Bertz CT molecular complexity index is 900. The first-order valence-corrected chi connectivity index (χ1v) is 9.12. The summed E-state index contributed by atoms with van der Waals surface area (Å²) in [4.78, 5) is 13.0. The highest BCUT2D eigenvalue weighted by molar-refractivity contribution is 6.31. The predicted molar refractivity (Wildman–Crippen MR) is 108 cm³/mol. The van der Waals surface area contributed by atoms with Crippen molar-refractivity contribution in [3.05, 3.63) is 95.0 Å². The van der Waals surface area contributed by atoms with E-state index in [9.17, 15) is 4.79 Å². The van der Waals surface area contributed by atoms with Crippen LogP contribution < -0.4 is 15.4 Å². The maximum absolute atomic E-state index is 13.0. The SMILES string of the molecule is COc1cccc(NC(=O)[C@H]([NH2+]Cc2ccccc2Cl)c2ccccc2)c1. The van der Waals surface area contributed by atoms with E-state index >= 15 is 0 Å². The number of carbonyl (C=O) groups excluding carboxylic acids is 1. The molecule has 3 rings (SSSR count). The minimum Gasteiger partial charge on any atom is -0.497 e. The van der Waals surface area contributed by atoms with E-state index in [-0.39, 0.29) is 5.91 Å². The number of carbonyl (C=O) groups is 1. The number of nitrogens with two attached hydrogens (primary N) is 1. The molecule has 1 atom stereocenters. The highest BCUT2D eigenvalue weighted by atomic mass is 35.5. The van der Waals surface area contributed by atoms with Crippen molar-refractivity contribution >= 4 is 23.2 Å². The minimum atomic E-state index is -0.395. The zero-order valence-electron chi connectivity index (χ0n) is 15.1. The summed E-state index contributed by atoms with van der Waals surface area (Å²) in [5.41, 5.74) is 2.63. The van der Waals surface area contributed by atoms with Gasteiger partial charge in [-0.25, -0.2) is 0 Å². The van der Waals surface area contributed by atoms with Gasteiger partial charge < -0.3 is 15.4 Å². The number of nitrogens with one attached hydrogen (secondary N) is 1. The molecule has 0 unspecified atom stereocenters. The first-order chi connectivity index (χ1) is 13.2. The number of hydrogen-bond acceptors (Lipinski definition) is 2. The third-order valence-electron chi connectivity index (χ3n) is 4.31. The standard InChI is InChI=1S/C22H21ClN2O2/c1-27-19-12-7-11-18(14-19)25-22(26)21(16-8-3-2-4-9-16)24-15-17-10-5-6-13-20(17)23/h2-14,21,24H,15H2,1H3,(H,25,26)/p+1/t21-/m1/s1. The van der Waals surface area contributed by atoms with Crippen molar-refractivity contribution in [1.82, 2.24) is 0 Å². The molecule has 0 aliphatic rings. The molecule has 0 radical (unpaired) electrons. The largest absolute Gasteiger partial charge is 0.497 e. The fourth-order valence-corrected chi connectivity index (χ4v) is 3.10. The highest BCUT2D eigenvalue weighted by Gasteiger charge is 2.24. The molecule has 3 aromatic rings. The Morgan fingerprint density at radius 1 is 1.04 bits per heavy atom. The summed E-state index contributed by atoms with van der Waals surface area (Å²) in [6, 6.07) is 24.3. The second-order valence-electron chi connectivity index (χ2n) is 6.14. The normalized spacial score (nSPS) is 11.6. The van der Waals surface area contributed by atoms with Crippen LogP contribution in [0.1, 0.15) is 17.2 Å². The number of quaternary nitrogens is 1. The van der Waals surface area contributed by atoms with Gasteiger partial charge in [-0.2, -0.15) is 0 Å². The summed E-state index contributed by atoms with van der Waals surface area (Å²) in [6.45, 7) is 0.602. The van der Waals surface area contributed by atoms with E-state index in [2.05, 4.69) is 5.32 Å². The molecule has 0 aliphatic carbocycles. The molecular formula is C22H22ClN2O2+. The maximum Gasteiger partial charge on any atom is 0.287 e. The van der Waals surface area contributed by atoms with E-state index < -0.39 is 6.04 Å². The van der Waals surface area contributed by atoms with Crippen LogP contribution >= 0.6 is 11.6 Å². The molecule has 0 spiro atoms. The van der Waals surface area contributed by atoms with Crippen molar-refractivity contribution in [1.29, 1.82) is 0 Å². The topological polar surface area (TPSA) is 54.9 Å². The lowest BCUT2D eigenvalue weighted by atomic mass is 10.1. The summed E-state index contributed by atoms with van der Waals surface area (Å²) in [5.74, 6) is 0.602. The summed E-state index contributed by atoms with van der Waals surface area (Å²) in [6.07, 6.45) is 0. The van der Waals surface area contributed by atoms with Crippen LogP contribution in [0.25, 0.3) is 0 Å². The van der Waals surface area contributed by atoms with E-state index in [0.717, 1.165) is 11.1 Å². The Labute approximate surface area is 164 Å². The summed E-state index contributed by atoms with van der Waals surface area (Å²) in [5, 5.41) is 5.68. The number of amides is 1. The zero-order valence-corrected chi connectivity index (χ0v) is 15.8. The molecule has 27 heavy (non-hydrogen) atoms. The number of benzene rings is 3. The monoisotopic (exact) mass is 381 g/mol. The number of rotatable bonds is 7. The van der Waals surface area contributed by atoms with E-state index in [4.69, 9.17) is 16.3 Å². The van der Waals surface area contributed by atoms with Crippen LogP contribution in [-0.2, 0) is 11.3 Å². The van der Waals surface area contributed by atoms with Gasteiger partial charge in [0.25, 0.3) is 5.91 Å². The lowest BCUT2D eigenvalue weighted by Gasteiger charge is -2.17. The lowest BCUT2D eigenvalue weighted by Crippen LogP contribution is -2.85. The molecule has 1 amide bonds. The van der Waals surface area contributed by atoms with Crippen molar-refractivity contribution in [2.75, 3.05) is 12.4 Å². The molecule has 0 saturated heterocycles. The van der Waals surface area contributed by atoms with Gasteiger partial charge in [-0.15, -0.1) is 0 Å². The van der Waals surface area contributed by atoms with E-state index in [0.29, 0.717) is 23.0 Å². The Morgan fingerprint density at radius 2 is 1.78 bits per heavy atom. The minimum absolute atomic E-state index is 0.0958. The van der Waals surface area contributed by atoms with Gasteiger partial charge >= 0.3 is 0 Å². The van der Waals surface area contributed by atoms with E-state index in [1.54, 1.807) is 13.2 Å². The van der Waals surface area contributed by atoms with Gasteiger partial charge in [-0.1, -0.05) is 66.2 Å². The van der Waals surface area contributed by atoms with E-state index in [1.807, 2.05) is 78.1 Å². The molecule has 3 aromatic carbocycles. The third-order valence-corrected chi connectivity index (χ3v) is 4.68. The average molecular weight is 382 g/mol. The fourth-order valence-electron chi connectivity index (χ4n) is 2.88. The van der Waals surface area contributed by atoms with E-state index in [1.165, 1.54) is 0 Å². The smallest absolute Gasteiger partial charge is 0.287 e. The van der Waals surface area contributed by atoms with Crippen molar-refractivity contribution in [3.63, 3.8) is 0 Å². The van der Waals surface area contributed by atoms with Gasteiger partial charge in [0.15, 0.2) is 6.04 Å². The molecule has 3 N–H and O–H groups in total. The third kappa shape index (κ3) is 5.09. The Morgan fingerprint density at radius 3 is 2.52 bits per heavy atom. The lowest BCUT2D eigenvalue weighted by molar-refractivity contribution is -0.697. The van der Waals surface area contributed by atoms with Gasteiger partial charge in [-0.05, 0) is 18.2 Å². The van der Waals surface area contributed by atoms with Crippen molar-refractivity contribution in [3.8, 4) is 5.75 Å². The first-order valence-electron chi connectivity index (χ1n) is 8.74. The van der Waals surface area contributed by atoms with Crippen LogP contribution in [0, 0.1) is 0 Å². The van der Waals surface area contributed by atoms with Crippen LogP contribution in [0.5, 0.6) is 5.75 Å². The molecule has 0 aliphatic heterocycles. The van der Waals surface area contributed by atoms with Crippen LogP contribution in [0.3, 0.4) is 0 Å².